The van der Waals surface area contributed by atoms with E-state index in [-0.39, 0.29) is 5.04 Å². The molecule has 0 bridgehead atoms. The van der Waals surface area contributed by atoms with Gasteiger partial charge in [0.25, 0.3) is 5.37 Å². The van der Waals surface area contributed by atoms with Crippen LogP contribution in [0.2, 0.25) is 18.1 Å². The van der Waals surface area contributed by atoms with Gasteiger partial charge in [0.05, 0.1) is 6.10 Å². The van der Waals surface area contributed by atoms with E-state index in [0.29, 0.717) is 0 Å². The fourth-order valence-corrected chi connectivity index (χ4v) is 4.28. The van der Waals surface area contributed by atoms with E-state index in [9.17, 15) is 15.2 Å². The minimum absolute atomic E-state index is 0.0162. The largest absolute Gasteiger partial charge is 0.411 e. The molecule has 0 spiro atoms. The minimum Gasteiger partial charge on any atom is -0.411 e. The summed E-state index contributed by atoms with van der Waals surface area (Å²) in [6, 6.07) is 9.09. The van der Waals surface area contributed by atoms with Crippen molar-refractivity contribution in [1.82, 2.24) is 0 Å². The van der Waals surface area contributed by atoms with Gasteiger partial charge in [0.15, 0.2) is 14.4 Å². The molecular formula is C16H27NO4SSi. The van der Waals surface area contributed by atoms with E-state index < -0.39 is 30.8 Å². The van der Waals surface area contributed by atoms with Gasteiger partial charge in [-0.2, -0.15) is 0 Å². The van der Waals surface area contributed by atoms with Gasteiger partial charge in [0.2, 0.25) is 0 Å². The first-order valence-electron chi connectivity index (χ1n) is 7.67. The topological polar surface area (TPSA) is 72.6 Å². The van der Waals surface area contributed by atoms with Crippen LogP contribution in [0, 0.1) is 10.1 Å². The van der Waals surface area contributed by atoms with Gasteiger partial charge in [-0.1, -0.05) is 39.0 Å². The van der Waals surface area contributed by atoms with Gasteiger partial charge >= 0.3 is 0 Å². The fourth-order valence-electron chi connectivity index (χ4n) is 1.82. The number of rotatable bonds is 7. The Morgan fingerprint density at radius 2 is 1.78 bits per heavy atom. The Morgan fingerprint density at radius 1 is 1.26 bits per heavy atom. The van der Waals surface area contributed by atoms with Crippen LogP contribution >= 0.6 is 11.8 Å². The highest BCUT2D eigenvalue weighted by molar-refractivity contribution is 7.99. The first kappa shape index (κ1) is 20.2. The van der Waals surface area contributed by atoms with Crippen molar-refractivity contribution in [1.29, 1.82) is 0 Å². The van der Waals surface area contributed by atoms with Gasteiger partial charge < -0.3 is 9.53 Å². The average Bonchev–Trinajstić information content (AvgIpc) is 2.43. The van der Waals surface area contributed by atoms with Crippen LogP contribution in [0.15, 0.2) is 35.2 Å². The highest BCUT2D eigenvalue weighted by Gasteiger charge is 2.43. The molecule has 1 N–H and O–H groups in total. The van der Waals surface area contributed by atoms with E-state index in [1.165, 1.54) is 0 Å². The molecule has 0 saturated carbocycles. The SMILES string of the molecule is C[C@H](O[Si](C)(C)C(C)(C)C)C(O)C(Sc1ccccc1)[N+](=O)[O-]. The molecule has 0 aliphatic heterocycles. The number of hydrogen-bond donors (Lipinski definition) is 1. The zero-order valence-electron chi connectivity index (χ0n) is 14.6. The summed E-state index contributed by atoms with van der Waals surface area (Å²) in [7, 11) is -2.10. The molecule has 1 aromatic rings. The Hall–Kier alpha value is -0.893. The molecule has 0 aliphatic carbocycles. The Morgan fingerprint density at radius 3 is 2.22 bits per heavy atom. The molecule has 0 aromatic heterocycles. The molecule has 0 aliphatic rings. The lowest BCUT2D eigenvalue weighted by atomic mass is 10.2. The van der Waals surface area contributed by atoms with Crippen molar-refractivity contribution in [2.24, 2.45) is 0 Å². The van der Waals surface area contributed by atoms with Crippen molar-refractivity contribution in [3.63, 3.8) is 0 Å². The molecule has 0 fully saturated rings. The normalized spacial score (nSPS) is 16.7. The van der Waals surface area contributed by atoms with Crippen LogP contribution in [0.5, 0.6) is 0 Å². The molecular weight excluding hydrogens is 330 g/mol. The maximum atomic E-state index is 11.4. The summed E-state index contributed by atoms with van der Waals surface area (Å²) in [5, 5.41) is 20.7. The standard InChI is InChI=1S/C16H27NO4SSi/c1-12(21-23(5,6)16(2,3)4)14(18)15(17(19)20)22-13-10-8-7-9-11-13/h7-12,14-15,18H,1-6H3/t12-,14?,15?/m0/s1. The van der Waals surface area contributed by atoms with Crippen molar-refractivity contribution in [3.8, 4) is 0 Å². The van der Waals surface area contributed by atoms with E-state index in [1.807, 2.05) is 18.2 Å². The van der Waals surface area contributed by atoms with Gasteiger partial charge in [-0.25, -0.2) is 0 Å². The summed E-state index contributed by atoms with van der Waals surface area (Å²) in [6.07, 6.45) is -1.77. The number of hydrogen-bond acceptors (Lipinski definition) is 5. The predicted molar refractivity (Wildman–Crippen MR) is 96.8 cm³/mol. The summed E-state index contributed by atoms with van der Waals surface area (Å²) in [5.41, 5.74) is 0. The van der Waals surface area contributed by atoms with Gasteiger partial charge in [-0.15, -0.1) is 0 Å². The zero-order valence-corrected chi connectivity index (χ0v) is 16.5. The number of aliphatic hydroxyl groups is 1. The van der Waals surface area contributed by atoms with Crippen molar-refractivity contribution in [2.75, 3.05) is 0 Å². The van der Waals surface area contributed by atoms with Crippen LogP contribution in [-0.2, 0) is 4.43 Å². The molecule has 0 heterocycles. The summed E-state index contributed by atoms with van der Waals surface area (Å²) < 4.78 is 6.10. The monoisotopic (exact) mass is 357 g/mol. The van der Waals surface area contributed by atoms with E-state index in [4.69, 9.17) is 4.43 Å². The molecule has 3 atom stereocenters. The van der Waals surface area contributed by atoms with Crippen molar-refractivity contribution in [2.45, 2.75) is 68.3 Å². The number of benzene rings is 1. The smallest absolute Gasteiger partial charge is 0.290 e. The van der Waals surface area contributed by atoms with Crippen LogP contribution < -0.4 is 0 Å². The predicted octanol–water partition coefficient (Wildman–Crippen LogP) is 4.15. The lowest BCUT2D eigenvalue weighted by molar-refractivity contribution is -0.508. The number of nitrogens with zero attached hydrogens (tertiary/aromatic N) is 1. The third kappa shape index (κ3) is 5.60. The second-order valence-electron chi connectivity index (χ2n) is 7.18. The summed E-state index contributed by atoms with van der Waals surface area (Å²) in [4.78, 5) is 11.7. The van der Waals surface area contributed by atoms with Gasteiger partial charge in [-0.3, -0.25) is 10.1 Å². The molecule has 1 rings (SSSR count). The van der Waals surface area contributed by atoms with E-state index in [2.05, 4.69) is 33.9 Å². The molecule has 2 unspecified atom stereocenters. The van der Waals surface area contributed by atoms with Gasteiger partial charge in [-0.05, 0) is 49.0 Å². The third-order valence-electron chi connectivity index (χ3n) is 4.27. The fraction of sp³-hybridized carbons (Fsp3) is 0.625. The van der Waals surface area contributed by atoms with E-state index in [1.54, 1.807) is 19.1 Å². The zero-order chi connectivity index (χ0) is 17.8. The highest BCUT2D eigenvalue weighted by Crippen LogP contribution is 2.38. The van der Waals surface area contributed by atoms with Gasteiger partial charge in [0.1, 0.15) is 0 Å². The molecule has 0 radical (unpaired) electrons. The number of nitro groups is 1. The Bertz CT molecular complexity index is 519. The van der Waals surface area contributed by atoms with Crippen molar-refractivity contribution >= 4 is 20.1 Å². The average molecular weight is 358 g/mol. The lowest BCUT2D eigenvalue weighted by Crippen LogP contribution is -2.49. The molecule has 5 nitrogen and oxygen atoms in total. The van der Waals surface area contributed by atoms with E-state index >= 15 is 0 Å². The van der Waals surface area contributed by atoms with Crippen molar-refractivity contribution in [3.05, 3.63) is 40.4 Å². The highest BCUT2D eigenvalue weighted by atomic mass is 32.2. The second kappa shape index (κ2) is 7.79. The number of aliphatic hydroxyl groups excluding tert-OH is 1. The molecule has 7 heteroatoms. The summed E-state index contributed by atoms with van der Waals surface area (Å²) in [6.45, 7) is 12.2. The summed E-state index contributed by atoms with van der Waals surface area (Å²) in [5.74, 6) is 0. The van der Waals surface area contributed by atoms with Crippen LogP contribution in [0.25, 0.3) is 0 Å². The second-order valence-corrected chi connectivity index (χ2v) is 13.1. The Labute approximate surface area is 143 Å². The van der Waals surface area contributed by atoms with Crippen molar-refractivity contribution < 1.29 is 14.5 Å². The van der Waals surface area contributed by atoms with Crippen LogP contribution in [0.4, 0.5) is 0 Å². The van der Waals surface area contributed by atoms with Crippen LogP contribution in [0.3, 0.4) is 0 Å². The van der Waals surface area contributed by atoms with Crippen LogP contribution in [0.1, 0.15) is 27.7 Å². The first-order valence-corrected chi connectivity index (χ1v) is 11.5. The Balaban J connectivity index is 2.85. The van der Waals surface area contributed by atoms with E-state index in [0.717, 1.165) is 16.7 Å². The first-order chi connectivity index (χ1) is 10.5. The third-order valence-corrected chi connectivity index (χ3v) is 10.1. The number of thioether (sulfide) groups is 1. The van der Waals surface area contributed by atoms with Crippen LogP contribution in [-0.4, -0.2) is 35.9 Å². The lowest BCUT2D eigenvalue weighted by Gasteiger charge is -2.39. The quantitative estimate of drug-likeness (QED) is 0.261. The molecule has 23 heavy (non-hydrogen) atoms. The minimum atomic E-state index is -2.10. The summed E-state index contributed by atoms with van der Waals surface area (Å²) >= 11 is 1.05. The molecule has 1 aromatic carbocycles. The van der Waals surface area contributed by atoms with Gasteiger partial charge in [0, 0.05) is 9.82 Å². The maximum absolute atomic E-state index is 11.4. The maximum Gasteiger partial charge on any atom is 0.290 e. The Kier molecular flexibility index (Phi) is 6.82. The molecule has 130 valence electrons. The molecule has 0 amide bonds. The molecule has 0 saturated heterocycles.